The molecule has 2 heteroatoms. The molecule has 1 spiro atoms. The highest BCUT2D eigenvalue weighted by Gasteiger charge is 2.42. The van der Waals surface area contributed by atoms with E-state index < -0.39 is 0 Å². The molecule has 1 unspecified atom stereocenters. The Morgan fingerprint density at radius 3 is 2.25 bits per heavy atom. The second kappa shape index (κ2) is 4.66. The quantitative estimate of drug-likeness (QED) is 0.748. The van der Waals surface area contributed by atoms with Crippen molar-refractivity contribution in [3.8, 4) is 0 Å². The normalized spacial score (nSPS) is 23.5. The van der Waals surface area contributed by atoms with E-state index in [9.17, 15) is 9.59 Å². The summed E-state index contributed by atoms with van der Waals surface area (Å²) in [5.41, 5.74) is 8.89. The van der Waals surface area contributed by atoms with Gasteiger partial charge in [-0.25, -0.2) is 0 Å². The van der Waals surface area contributed by atoms with Crippen molar-refractivity contribution in [1.82, 2.24) is 0 Å². The maximum atomic E-state index is 12.0. The van der Waals surface area contributed by atoms with Gasteiger partial charge in [-0.1, -0.05) is 18.2 Å². The summed E-state index contributed by atoms with van der Waals surface area (Å²) in [6.07, 6.45) is 5.91. The number of carbonyl (C=O) groups is 2. The van der Waals surface area contributed by atoms with Crippen LogP contribution in [0.1, 0.15) is 61.9 Å². The molecule has 0 saturated carbocycles. The van der Waals surface area contributed by atoms with Gasteiger partial charge in [-0.15, -0.1) is 0 Å². The van der Waals surface area contributed by atoms with Gasteiger partial charge in [-0.3, -0.25) is 9.59 Å². The lowest BCUT2D eigenvalue weighted by Crippen LogP contribution is -2.21. The Kier molecular flexibility index (Phi) is 2.75. The van der Waals surface area contributed by atoms with Gasteiger partial charge in [0.25, 0.3) is 0 Å². The molecular formula is C22H20O2. The van der Waals surface area contributed by atoms with Gasteiger partial charge in [0.2, 0.25) is 0 Å². The number of hydrogen-bond acceptors (Lipinski definition) is 2. The molecule has 0 heterocycles. The van der Waals surface area contributed by atoms with E-state index in [2.05, 4.69) is 24.3 Å². The lowest BCUT2D eigenvalue weighted by Gasteiger charge is -2.21. The van der Waals surface area contributed by atoms with Gasteiger partial charge in [0, 0.05) is 17.5 Å². The first-order valence-corrected chi connectivity index (χ1v) is 8.84. The third kappa shape index (κ3) is 1.95. The average molecular weight is 316 g/mol. The van der Waals surface area contributed by atoms with Gasteiger partial charge in [-0.2, -0.15) is 0 Å². The predicted octanol–water partition coefficient (Wildman–Crippen LogP) is 3.90. The minimum Gasteiger partial charge on any atom is -0.295 e. The van der Waals surface area contributed by atoms with Gasteiger partial charge >= 0.3 is 0 Å². The molecule has 5 rings (SSSR count). The van der Waals surface area contributed by atoms with Crippen LogP contribution in [0.3, 0.4) is 0 Å². The van der Waals surface area contributed by atoms with Crippen LogP contribution in [-0.4, -0.2) is 11.6 Å². The summed E-state index contributed by atoms with van der Waals surface area (Å²) in [6, 6.07) is 10.7. The number of aryl methyl sites for hydroxylation is 1. The van der Waals surface area contributed by atoms with Crippen molar-refractivity contribution in [3.05, 3.63) is 69.3 Å². The van der Waals surface area contributed by atoms with E-state index in [1.807, 2.05) is 6.07 Å². The molecule has 0 fully saturated rings. The maximum Gasteiger partial charge on any atom is 0.163 e. The molecule has 24 heavy (non-hydrogen) atoms. The Morgan fingerprint density at radius 2 is 1.50 bits per heavy atom. The van der Waals surface area contributed by atoms with Crippen LogP contribution in [-0.2, 0) is 32.1 Å². The first-order valence-electron chi connectivity index (χ1n) is 8.84. The summed E-state index contributed by atoms with van der Waals surface area (Å²) in [6.45, 7) is 1.64. The molecule has 2 aromatic rings. The van der Waals surface area contributed by atoms with E-state index in [4.69, 9.17) is 0 Å². The highest BCUT2D eigenvalue weighted by atomic mass is 16.1. The van der Waals surface area contributed by atoms with Crippen molar-refractivity contribution in [2.75, 3.05) is 0 Å². The number of carbonyl (C=O) groups excluding carboxylic acids is 2. The number of rotatable bonds is 1. The third-order valence-corrected chi connectivity index (χ3v) is 6.22. The van der Waals surface area contributed by atoms with Crippen LogP contribution >= 0.6 is 0 Å². The molecule has 0 N–H and O–H groups in total. The number of hydrogen-bond donors (Lipinski definition) is 0. The van der Waals surface area contributed by atoms with Gasteiger partial charge in [0.1, 0.15) is 0 Å². The van der Waals surface area contributed by atoms with Crippen molar-refractivity contribution in [2.45, 2.75) is 45.4 Å². The summed E-state index contributed by atoms with van der Waals surface area (Å²) in [5.74, 6) is 0.456. The van der Waals surface area contributed by atoms with Gasteiger partial charge in [0.05, 0.1) is 0 Å². The standard InChI is InChI=1S/C22H20O2/c1-13(23)14-2-3-16-9-22(10-17(16)6-14)11-18-7-15-4-5-21(24)20(15)8-19(18)12-22/h2-3,6-8H,4-5,9-12H2,1H3. The summed E-state index contributed by atoms with van der Waals surface area (Å²) < 4.78 is 0. The Labute approximate surface area is 141 Å². The highest BCUT2D eigenvalue weighted by Crippen LogP contribution is 2.48. The first kappa shape index (κ1) is 14.2. The van der Waals surface area contributed by atoms with Crippen molar-refractivity contribution in [1.29, 1.82) is 0 Å². The van der Waals surface area contributed by atoms with Crippen molar-refractivity contribution < 1.29 is 9.59 Å². The molecule has 3 aliphatic rings. The molecule has 2 nitrogen and oxygen atoms in total. The molecule has 120 valence electrons. The molecule has 0 aromatic heterocycles. The van der Waals surface area contributed by atoms with Crippen LogP contribution in [0.4, 0.5) is 0 Å². The van der Waals surface area contributed by atoms with Gasteiger partial charge in [-0.05, 0) is 84.4 Å². The largest absolute Gasteiger partial charge is 0.295 e. The zero-order valence-corrected chi connectivity index (χ0v) is 13.9. The Morgan fingerprint density at radius 1 is 0.833 bits per heavy atom. The smallest absolute Gasteiger partial charge is 0.163 e. The zero-order chi connectivity index (χ0) is 16.5. The lowest BCUT2D eigenvalue weighted by molar-refractivity contribution is 0.0991. The Hall–Kier alpha value is -2.22. The van der Waals surface area contributed by atoms with E-state index in [0.717, 1.165) is 43.2 Å². The van der Waals surface area contributed by atoms with E-state index in [1.54, 1.807) is 6.92 Å². The molecule has 1 atom stereocenters. The van der Waals surface area contributed by atoms with Crippen molar-refractivity contribution in [2.24, 2.45) is 5.41 Å². The fourth-order valence-electron chi connectivity index (χ4n) is 5.09. The van der Waals surface area contributed by atoms with Crippen LogP contribution in [0.5, 0.6) is 0 Å². The summed E-state index contributed by atoms with van der Waals surface area (Å²) >= 11 is 0. The SMILES string of the molecule is CC(=O)c1ccc2c(c1)CC1(C2)Cc2cc3c(cc2C1)C(=O)CC3. The minimum absolute atomic E-state index is 0.142. The van der Waals surface area contributed by atoms with Crippen molar-refractivity contribution in [3.63, 3.8) is 0 Å². The van der Waals surface area contributed by atoms with E-state index in [-0.39, 0.29) is 11.2 Å². The predicted molar refractivity (Wildman–Crippen MR) is 92.8 cm³/mol. The topological polar surface area (TPSA) is 34.1 Å². The Bertz CT molecular complexity index is 922. The van der Waals surface area contributed by atoms with Crippen LogP contribution in [0.2, 0.25) is 0 Å². The lowest BCUT2D eigenvalue weighted by atomic mass is 9.82. The number of benzene rings is 2. The molecular weight excluding hydrogens is 296 g/mol. The highest BCUT2D eigenvalue weighted by molar-refractivity contribution is 6.00. The molecule has 0 aliphatic heterocycles. The number of Topliss-reactive ketones (excluding diaryl/α,β-unsaturated/α-hetero) is 2. The summed E-state index contributed by atoms with van der Waals surface area (Å²) in [5, 5.41) is 0. The van der Waals surface area contributed by atoms with Crippen molar-refractivity contribution >= 4 is 11.6 Å². The second-order valence-corrected chi connectivity index (χ2v) is 7.95. The Balaban J connectivity index is 1.49. The van der Waals surface area contributed by atoms with Gasteiger partial charge in [0.15, 0.2) is 11.6 Å². The zero-order valence-electron chi connectivity index (χ0n) is 13.9. The van der Waals surface area contributed by atoms with Crippen LogP contribution < -0.4 is 0 Å². The molecule has 3 aliphatic carbocycles. The molecule has 0 radical (unpaired) electrons. The van der Waals surface area contributed by atoms with Crippen LogP contribution in [0, 0.1) is 5.41 Å². The van der Waals surface area contributed by atoms with Gasteiger partial charge < -0.3 is 0 Å². The average Bonchev–Trinajstić information content (AvgIpc) is 3.19. The first-order chi connectivity index (χ1) is 11.5. The summed E-state index contributed by atoms with van der Waals surface area (Å²) in [4.78, 5) is 23.7. The molecule has 0 saturated heterocycles. The number of ketones is 2. The molecule has 0 bridgehead atoms. The van der Waals surface area contributed by atoms with E-state index in [1.165, 1.54) is 27.8 Å². The molecule has 2 aromatic carbocycles. The second-order valence-electron chi connectivity index (χ2n) is 7.95. The van der Waals surface area contributed by atoms with E-state index in [0.29, 0.717) is 12.2 Å². The fourth-order valence-corrected chi connectivity index (χ4v) is 5.09. The number of fused-ring (bicyclic) bond motifs is 3. The van der Waals surface area contributed by atoms with Crippen LogP contribution in [0.25, 0.3) is 0 Å². The third-order valence-electron chi connectivity index (χ3n) is 6.22. The molecule has 0 amide bonds. The van der Waals surface area contributed by atoms with E-state index >= 15 is 0 Å². The summed E-state index contributed by atoms with van der Waals surface area (Å²) in [7, 11) is 0. The maximum absolute atomic E-state index is 12.0. The fraction of sp³-hybridized carbons (Fsp3) is 0.364. The van der Waals surface area contributed by atoms with Crippen LogP contribution in [0.15, 0.2) is 30.3 Å². The minimum atomic E-state index is 0.142. The monoisotopic (exact) mass is 316 g/mol.